The van der Waals surface area contributed by atoms with Gasteiger partial charge < -0.3 is 43.9 Å². The molecule has 15 nitrogen and oxygen atoms in total. The number of imidazole rings is 2. The van der Waals surface area contributed by atoms with E-state index in [1.807, 2.05) is 10.6 Å². The van der Waals surface area contributed by atoms with Crippen LogP contribution in [0.25, 0.3) is 0 Å². The largest absolute Gasteiger partial charge is 0.418 e. The maximum Gasteiger partial charge on any atom is 0.418 e. The average molecular weight is 444 g/mol. The molecule has 2 aromatic heterocycles. The maximum absolute atomic E-state index is 12.0. The molecule has 0 saturated carbocycles. The highest BCUT2D eigenvalue weighted by Gasteiger charge is 2.34. The Morgan fingerprint density at radius 3 is 1.81 bits per heavy atom. The summed E-state index contributed by atoms with van der Waals surface area (Å²) in [5, 5.41) is 23.3. The van der Waals surface area contributed by atoms with Crippen molar-refractivity contribution in [1.82, 2.24) is 30.6 Å². The van der Waals surface area contributed by atoms with Gasteiger partial charge in [0.05, 0.1) is 39.6 Å². The van der Waals surface area contributed by atoms with E-state index < -0.39 is 24.6 Å². The zero-order chi connectivity index (χ0) is 22.4. The monoisotopic (exact) mass is 444 g/mol. The van der Waals surface area contributed by atoms with E-state index in [1.54, 1.807) is 0 Å². The summed E-state index contributed by atoms with van der Waals surface area (Å²) in [7, 11) is 0. The minimum Gasteiger partial charge on any atom is -0.394 e. The third-order valence-electron chi connectivity index (χ3n) is 3.23. The Bertz CT molecular complexity index is 705. The van der Waals surface area contributed by atoms with E-state index in [2.05, 4.69) is 19.9 Å². The van der Waals surface area contributed by atoms with Crippen molar-refractivity contribution in [2.24, 2.45) is 0 Å². The lowest BCUT2D eigenvalue weighted by molar-refractivity contribution is -0.0897. The second-order valence-corrected chi connectivity index (χ2v) is 5.68. The number of aromatic amines is 2. The van der Waals surface area contributed by atoms with E-state index >= 15 is 0 Å². The highest BCUT2D eigenvalue weighted by molar-refractivity contribution is 5.73. The average Bonchev–Trinajstić information content (AvgIpc) is 3.40. The van der Waals surface area contributed by atoms with Gasteiger partial charge in [-0.05, 0) is 0 Å². The Morgan fingerprint density at radius 2 is 1.35 bits per heavy atom. The SMILES string of the molecule is O=C(NC(O)(COCCOCCOCCO)NC(=O)Oc1ncc[nH]1)Oc1ncc[nH]1. The lowest BCUT2D eigenvalue weighted by atomic mass is 10.4. The zero-order valence-electron chi connectivity index (χ0n) is 16.4. The number of amides is 2. The number of aliphatic hydroxyl groups is 2. The summed E-state index contributed by atoms with van der Waals surface area (Å²) < 4.78 is 25.2. The second-order valence-electron chi connectivity index (χ2n) is 5.68. The van der Waals surface area contributed by atoms with E-state index in [-0.39, 0.29) is 45.1 Å². The lowest BCUT2D eigenvalue weighted by Gasteiger charge is -2.28. The molecule has 2 amide bonds. The van der Waals surface area contributed by atoms with Gasteiger partial charge in [-0.3, -0.25) is 10.6 Å². The summed E-state index contributed by atoms with van der Waals surface area (Å²) in [6.45, 7) is 0.301. The molecule has 6 N–H and O–H groups in total. The van der Waals surface area contributed by atoms with Crippen LogP contribution in [-0.4, -0.2) is 94.4 Å². The highest BCUT2D eigenvalue weighted by atomic mass is 16.6. The quantitative estimate of drug-likeness (QED) is 0.149. The molecule has 2 aromatic rings. The van der Waals surface area contributed by atoms with Crippen LogP contribution in [0.15, 0.2) is 24.8 Å². The van der Waals surface area contributed by atoms with Crippen molar-refractivity contribution >= 4 is 12.2 Å². The molecule has 31 heavy (non-hydrogen) atoms. The van der Waals surface area contributed by atoms with Crippen LogP contribution in [0.4, 0.5) is 9.59 Å². The molecule has 0 unspecified atom stereocenters. The van der Waals surface area contributed by atoms with Crippen LogP contribution in [0.5, 0.6) is 12.0 Å². The molecule has 2 heterocycles. The Balaban J connectivity index is 1.80. The third kappa shape index (κ3) is 9.87. The third-order valence-corrected chi connectivity index (χ3v) is 3.23. The summed E-state index contributed by atoms with van der Waals surface area (Å²) in [5.41, 5.74) is 0. The Morgan fingerprint density at radius 1 is 0.871 bits per heavy atom. The van der Waals surface area contributed by atoms with E-state index in [9.17, 15) is 14.7 Å². The zero-order valence-corrected chi connectivity index (χ0v) is 16.4. The standard InChI is InChI=1S/C16H24N6O9/c23-5-6-27-7-8-28-9-10-29-11-16(26,21-14(24)30-12-17-1-2-18-12)22-15(25)31-13-19-3-4-20-13/h1-4,23,26H,5-11H2,(H,17,18)(H,19,20)(H,21,24)(H,22,25). The first kappa shape index (κ1) is 24.0. The predicted molar refractivity (Wildman–Crippen MR) is 100.0 cm³/mol. The van der Waals surface area contributed by atoms with Crippen LogP contribution < -0.4 is 20.1 Å². The lowest BCUT2D eigenvalue weighted by Crippen LogP contribution is -2.64. The summed E-state index contributed by atoms with van der Waals surface area (Å²) in [6, 6.07) is -0.258. The van der Waals surface area contributed by atoms with E-state index in [4.69, 9.17) is 28.8 Å². The molecule has 0 radical (unpaired) electrons. The Kier molecular flexibility index (Phi) is 10.2. The molecule has 0 bridgehead atoms. The van der Waals surface area contributed by atoms with Crippen molar-refractivity contribution in [2.45, 2.75) is 5.85 Å². The minimum absolute atomic E-state index is 0.0200. The summed E-state index contributed by atoms with van der Waals surface area (Å²) >= 11 is 0. The van der Waals surface area contributed by atoms with Gasteiger partial charge in [0.25, 0.3) is 0 Å². The molecule has 0 aliphatic carbocycles. The summed E-state index contributed by atoms with van der Waals surface area (Å²) in [5.74, 6) is -2.39. The number of nitrogens with one attached hydrogen (secondary N) is 4. The van der Waals surface area contributed by atoms with Crippen LogP contribution in [-0.2, 0) is 14.2 Å². The van der Waals surface area contributed by atoms with Crippen molar-refractivity contribution in [2.75, 3.05) is 46.2 Å². The van der Waals surface area contributed by atoms with Crippen LogP contribution in [0.2, 0.25) is 0 Å². The fourth-order valence-corrected chi connectivity index (χ4v) is 2.01. The van der Waals surface area contributed by atoms with Gasteiger partial charge in [0.2, 0.25) is 5.85 Å². The number of aromatic nitrogens is 4. The van der Waals surface area contributed by atoms with Gasteiger partial charge in [-0.25, -0.2) is 19.6 Å². The van der Waals surface area contributed by atoms with Crippen LogP contribution in [0.1, 0.15) is 0 Å². The topological polar surface area (TPSA) is 202 Å². The normalized spacial score (nSPS) is 11.2. The van der Waals surface area contributed by atoms with Crippen molar-refractivity contribution in [1.29, 1.82) is 0 Å². The van der Waals surface area contributed by atoms with Gasteiger partial charge in [0, 0.05) is 24.8 Å². The van der Waals surface area contributed by atoms with Gasteiger partial charge in [0.15, 0.2) is 0 Å². The molecule has 0 aliphatic rings. The molecule has 2 rings (SSSR count). The minimum atomic E-state index is -2.39. The van der Waals surface area contributed by atoms with Crippen molar-refractivity contribution in [3.63, 3.8) is 0 Å². The maximum atomic E-state index is 12.0. The number of aliphatic hydroxyl groups excluding tert-OH is 1. The number of rotatable bonds is 14. The van der Waals surface area contributed by atoms with E-state index in [0.717, 1.165) is 0 Å². The smallest absolute Gasteiger partial charge is 0.394 e. The van der Waals surface area contributed by atoms with Crippen molar-refractivity contribution in [3.8, 4) is 12.0 Å². The number of nitrogens with zero attached hydrogens (tertiary/aromatic N) is 2. The van der Waals surface area contributed by atoms with Gasteiger partial charge in [-0.1, -0.05) is 0 Å². The molecule has 15 heteroatoms. The van der Waals surface area contributed by atoms with Crippen molar-refractivity contribution < 1.29 is 43.5 Å². The summed E-state index contributed by atoms with van der Waals surface area (Å²) in [4.78, 5) is 36.5. The Hall–Kier alpha value is -3.24. The number of hydrogen-bond donors (Lipinski definition) is 6. The number of carbonyl (C=O) groups is 2. The second kappa shape index (κ2) is 13.1. The number of carbonyl (C=O) groups excluding carboxylic acids is 2. The van der Waals surface area contributed by atoms with Crippen molar-refractivity contribution in [3.05, 3.63) is 24.8 Å². The molecule has 0 spiro atoms. The molecular formula is C16H24N6O9. The van der Waals surface area contributed by atoms with Gasteiger partial charge in [0.1, 0.15) is 6.61 Å². The first-order chi connectivity index (χ1) is 15.0. The first-order valence-electron chi connectivity index (χ1n) is 9.06. The van der Waals surface area contributed by atoms with E-state index in [0.29, 0.717) is 6.61 Å². The molecule has 0 atom stereocenters. The number of hydrogen-bond acceptors (Lipinski definition) is 11. The van der Waals surface area contributed by atoms with Crippen LogP contribution in [0.3, 0.4) is 0 Å². The van der Waals surface area contributed by atoms with Crippen LogP contribution in [0, 0.1) is 0 Å². The highest BCUT2D eigenvalue weighted by Crippen LogP contribution is 2.04. The molecule has 0 fully saturated rings. The van der Waals surface area contributed by atoms with Gasteiger partial charge in [-0.2, -0.15) is 0 Å². The van der Waals surface area contributed by atoms with Gasteiger partial charge >= 0.3 is 24.2 Å². The molecular weight excluding hydrogens is 420 g/mol. The number of H-pyrrole nitrogens is 2. The first-order valence-corrected chi connectivity index (χ1v) is 9.06. The fraction of sp³-hybridized carbons (Fsp3) is 0.500. The van der Waals surface area contributed by atoms with E-state index in [1.165, 1.54) is 24.8 Å². The molecule has 172 valence electrons. The van der Waals surface area contributed by atoms with Crippen LogP contribution >= 0.6 is 0 Å². The van der Waals surface area contributed by atoms with Gasteiger partial charge in [-0.15, -0.1) is 0 Å². The molecule has 0 saturated heterocycles. The molecule has 0 aliphatic heterocycles. The Labute approximate surface area is 176 Å². The fourth-order valence-electron chi connectivity index (χ4n) is 2.01. The number of ether oxygens (including phenoxy) is 5. The molecule has 0 aromatic carbocycles. The predicted octanol–water partition coefficient (Wildman–Crippen LogP) is -1.30. The summed E-state index contributed by atoms with van der Waals surface area (Å²) in [6.07, 6.45) is 3.29.